The molecule has 18 heavy (non-hydrogen) atoms. The second-order valence-electron chi connectivity index (χ2n) is 4.67. The Hall–Kier alpha value is -1.35. The van der Waals surface area contributed by atoms with Gasteiger partial charge in [0.15, 0.2) is 0 Å². The third kappa shape index (κ3) is 2.27. The van der Waals surface area contributed by atoms with E-state index >= 15 is 0 Å². The second-order valence-corrected chi connectivity index (χ2v) is 5.52. The molecule has 0 aliphatic carbocycles. The monoisotopic (exact) mass is 302 g/mol. The van der Waals surface area contributed by atoms with Crippen molar-refractivity contribution in [2.75, 3.05) is 18.0 Å². The Bertz CT molecular complexity index is 527. The molecule has 1 aliphatic rings. The Balaban J connectivity index is 1.78. The highest BCUT2D eigenvalue weighted by atomic mass is 79.9. The van der Waals surface area contributed by atoms with Crippen LogP contribution in [0.1, 0.15) is 17.9 Å². The number of hydrogen-bond acceptors (Lipinski definition) is 2. The van der Waals surface area contributed by atoms with E-state index in [-0.39, 0.29) is 0 Å². The molecule has 2 nitrogen and oxygen atoms in total. The summed E-state index contributed by atoms with van der Waals surface area (Å²) in [7, 11) is 0. The van der Waals surface area contributed by atoms with Gasteiger partial charge >= 0.3 is 0 Å². The van der Waals surface area contributed by atoms with Crippen molar-refractivity contribution in [3.8, 4) is 0 Å². The average Bonchev–Trinajstić information content (AvgIpc) is 2.90. The van der Waals surface area contributed by atoms with E-state index in [0.29, 0.717) is 5.92 Å². The van der Waals surface area contributed by atoms with Crippen LogP contribution in [0.4, 0.5) is 5.69 Å². The van der Waals surface area contributed by atoms with Crippen LogP contribution in [0, 0.1) is 0 Å². The molecule has 0 radical (unpaired) electrons. The van der Waals surface area contributed by atoms with E-state index in [1.54, 1.807) is 0 Å². The first-order chi connectivity index (χ1) is 8.84. The number of nitrogens with zero attached hydrogens (tertiary/aromatic N) is 2. The Morgan fingerprint density at radius 2 is 2.00 bits per heavy atom. The molecule has 1 atom stereocenters. The molecule has 1 fully saturated rings. The summed E-state index contributed by atoms with van der Waals surface area (Å²) >= 11 is 3.58. The quantitative estimate of drug-likeness (QED) is 0.838. The van der Waals surface area contributed by atoms with Crippen molar-refractivity contribution >= 4 is 21.6 Å². The Morgan fingerprint density at radius 1 is 1.17 bits per heavy atom. The van der Waals surface area contributed by atoms with Gasteiger partial charge in [-0.25, -0.2) is 0 Å². The molecule has 92 valence electrons. The Kier molecular flexibility index (Phi) is 3.33. The van der Waals surface area contributed by atoms with Gasteiger partial charge in [-0.3, -0.25) is 4.98 Å². The molecule has 1 aliphatic heterocycles. The summed E-state index contributed by atoms with van der Waals surface area (Å²) in [6.07, 6.45) is 4.94. The maximum atomic E-state index is 4.12. The number of anilines is 1. The van der Waals surface area contributed by atoms with Gasteiger partial charge in [0.25, 0.3) is 0 Å². The van der Waals surface area contributed by atoms with Gasteiger partial charge in [-0.2, -0.15) is 0 Å². The van der Waals surface area contributed by atoms with Crippen LogP contribution >= 0.6 is 15.9 Å². The molecule has 3 rings (SSSR count). The van der Waals surface area contributed by atoms with Gasteiger partial charge in [-0.15, -0.1) is 0 Å². The van der Waals surface area contributed by atoms with Gasteiger partial charge < -0.3 is 4.90 Å². The predicted octanol–water partition coefficient (Wildman–Crippen LogP) is 3.84. The van der Waals surface area contributed by atoms with Crippen molar-refractivity contribution in [1.29, 1.82) is 0 Å². The molecule has 0 spiro atoms. The Labute approximate surface area is 116 Å². The molecule has 2 heterocycles. The smallest absolute Gasteiger partial charge is 0.0592 e. The van der Waals surface area contributed by atoms with E-state index in [4.69, 9.17) is 0 Å². The number of benzene rings is 1. The van der Waals surface area contributed by atoms with Crippen LogP contribution in [0.3, 0.4) is 0 Å². The van der Waals surface area contributed by atoms with E-state index < -0.39 is 0 Å². The lowest BCUT2D eigenvalue weighted by Crippen LogP contribution is -2.19. The summed E-state index contributed by atoms with van der Waals surface area (Å²) in [5.74, 6) is 0.645. The standard InChI is InChI=1S/C15H15BrN2/c16-14-10-17-8-6-15(14)18-9-7-13(11-18)12-4-2-1-3-5-12/h1-6,8,10,13H,7,9,11H2. The van der Waals surface area contributed by atoms with E-state index in [9.17, 15) is 0 Å². The lowest BCUT2D eigenvalue weighted by molar-refractivity contribution is 0.775. The number of rotatable bonds is 2. The van der Waals surface area contributed by atoms with Crippen LogP contribution in [-0.4, -0.2) is 18.1 Å². The van der Waals surface area contributed by atoms with Gasteiger partial charge in [0, 0.05) is 31.4 Å². The van der Waals surface area contributed by atoms with Crippen molar-refractivity contribution in [2.24, 2.45) is 0 Å². The fourth-order valence-corrected chi connectivity index (χ4v) is 3.10. The van der Waals surface area contributed by atoms with Crippen molar-refractivity contribution in [3.05, 3.63) is 58.8 Å². The van der Waals surface area contributed by atoms with Crippen molar-refractivity contribution in [2.45, 2.75) is 12.3 Å². The van der Waals surface area contributed by atoms with Crippen LogP contribution < -0.4 is 4.90 Å². The SMILES string of the molecule is Brc1cnccc1N1CCC(c2ccccc2)C1. The van der Waals surface area contributed by atoms with Crippen LogP contribution in [0.15, 0.2) is 53.3 Å². The van der Waals surface area contributed by atoms with Gasteiger partial charge in [0.1, 0.15) is 0 Å². The van der Waals surface area contributed by atoms with E-state index in [1.165, 1.54) is 17.7 Å². The van der Waals surface area contributed by atoms with Crippen LogP contribution in [-0.2, 0) is 0 Å². The Morgan fingerprint density at radius 3 is 2.78 bits per heavy atom. The lowest BCUT2D eigenvalue weighted by atomic mass is 9.99. The third-order valence-electron chi connectivity index (χ3n) is 3.55. The molecule has 1 aromatic heterocycles. The summed E-state index contributed by atoms with van der Waals surface area (Å²) in [4.78, 5) is 6.55. The normalized spacial score (nSPS) is 19.2. The number of pyridine rings is 1. The molecule has 1 aromatic carbocycles. The molecule has 1 saturated heterocycles. The van der Waals surface area contributed by atoms with Crippen LogP contribution in [0.25, 0.3) is 0 Å². The molecule has 0 saturated carbocycles. The molecular weight excluding hydrogens is 288 g/mol. The number of aromatic nitrogens is 1. The van der Waals surface area contributed by atoms with Gasteiger partial charge in [-0.05, 0) is 34.0 Å². The predicted molar refractivity (Wildman–Crippen MR) is 78.0 cm³/mol. The second kappa shape index (κ2) is 5.11. The average molecular weight is 303 g/mol. The highest BCUT2D eigenvalue weighted by Crippen LogP contribution is 2.33. The zero-order valence-corrected chi connectivity index (χ0v) is 11.7. The molecule has 0 bridgehead atoms. The minimum atomic E-state index is 0.645. The lowest BCUT2D eigenvalue weighted by Gasteiger charge is -2.20. The summed E-state index contributed by atoms with van der Waals surface area (Å²) in [5, 5.41) is 0. The van der Waals surface area contributed by atoms with Crippen molar-refractivity contribution < 1.29 is 0 Å². The summed E-state index contributed by atoms with van der Waals surface area (Å²) in [6, 6.07) is 12.9. The largest absolute Gasteiger partial charge is 0.370 e. The summed E-state index contributed by atoms with van der Waals surface area (Å²) in [5.41, 5.74) is 2.70. The van der Waals surface area contributed by atoms with E-state index in [1.807, 2.05) is 12.4 Å². The summed E-state index contributed by atoms with van der Waals surface area (Å²) < 4.78 is 1.08. The van der Waals surface area contributed by atoms with Crippen LogP contribution in [0.5, 0.6) is 0 Å². The first-order valence-electron chi connectivity index (χ1n) is 6.24. The summed E-state index contributed by atoms with van der Waals surface area (Å²) in [6.45, 7) is 2.20. The van der Waals surface area contributed by atoms with E-state index in [2.05, 4.69) is 62.2 Å². The molecule has 2 aromatic rings. The zero-order chi connectivity index (χ0) is 12.4. The van der Waals surface area contributed by atoms with Crippen molar-refractivity contribution in [1.82, 2.24) is 4.98 Å². The maximum absolute atomic E-state index is 4.12. The number of halogens is 1. The third-order valence-corrected chi connectivity index (χ3v) is 4.16. The first-order valence-corrected chi connectivity index (χ1v) is 7.03. The minimum absolute atomic E-state index is 0.645. The van der Waals surface area contributed by atoms with Gasteiger partial charge in [0.05, 0.1) is 10.2 Å². The molecular formula is C15H15BrN2. The molecule has 0 N–H and O–H groups in total. The fraction of sp³-hybridized carbons (Fsp3) is 0.267. The maximum Gasteiger partial charge on any atom is 0.0592 e. The van der Waals surface area contributed by atoms with E-state index in [0.717, 1.165) is 17.6 Å². The molecule has 1 unspecified atom stereocenters. The molecule has 0 amide bonds. The highest BCUT2D eigenvalue weighted by molar-refractivity contribution is 9.10. The van der Waals surface area contributed by atoms with Gasteiger partial charge in [-0.1, -0.05) is 30.3 Å². The van der Waals surface area contributed by atoms with Crippen LogP contribution in [0.2, 0.25) is 0 Å². The number of hydrogen-bond donors (Lipinski definition) is 0. The highest BCUT2D eigenvalue weighted by Gasteiger charge is 2.24. The topological polar surface area (TPSA) is 16.1 Å². The van der Waals surface area contributed by atoms with Gasteiger partial charge in [0.2, 0.25) is 0 Å². The zero-order valence-electron chi connectivity index (χ0n) is 10.1. The first kappa shape index (κ1) is 11.7. The van der Waals surface area contributed by atoms with Crippen molar-refractivity contribution in [3.63, 3.8) is 0 Å². The molecule has 3 heteroatoms. The fourth-order valence-electron chi connectivity index (χ4n) is 2.60. The minimum Gasteiger partial charge on any atom is -0.370 e.